The molecular weight excluding hydrogens is 616 g/mol. The Balaban J connectivity index is 2.65. The van der Waals surface area contributed by atoms with E-state index in [1.54, 1.807) is 27.2 Å². The summed E-state index contributed by atoms with van der Waals surface area (Å²) in [6.45, 7) is 1.77. The van der Waals surface area contributed by atoms with E-state index in [1.165, 1.54) is 14.2 Å². The molecule has 2 rings (SSSR count). The van der Waals surface area contributed by atoms with Crippen LogP contribution in [0.5, 0.6) is 23.0 Å². The first kappa shape index (κ1) is 26.5. The minimum absolute atomic E-state index is 0.125. The molecule has 0 atom stereocenters. The summed E-state index contributed by atoms with van der Waals surface area (Å²) >= 11 is 10.7. The first-order valence-electron chi connectivity index (χ1n) is 9.44. The molecule has 0 radical (unpaired) electrons. The fraction of sp³-hybridized carbons (Fsp3) is 0.364. The number of hydrogen-bond acceptors (Lipinski definition) is 7. The highest BCUT2D eigenvalue weighted by atomic mass is 79.9. The molecule has 2 aromatic carbocycles. The summed E-state index contributed by atoms with van der Waals surface area (Å²) in [6, 6.07) is 3.54. The fourth-order valence-corrected chi connectivity index (χ4v) is 4.94. The summed E-state index contributed by atoms with van der Waals surface area (Å²) in [4.78, 5) is 24.4. The Hall–Kier alpha value is -1.78. The van der Waals surface area contributed by atoms with Crippen LogP contribution in [0, 0.1) is 0 Å². The van der Waals surface area contributed by atoms with Crippen LogP contribution in [0.1, 0.15) is 23.6 Å². The summed E-state index contributed by atoms with van der Waals surface area (Å²) in [5.74, 6) is 0.470. The normalized spacial score (nSPS) is 10.5. The Morgan fingerprint density at radius 1 is 0.781 bits per heavy atom. The van der Waals surface area contributed by atoms with Crippen LogP contribution >= 0.6 is 47.8 Å². The molecule has 7 nitrogen and oxygen atoms in total. The number of carbonyl (C=O) groups excluding carboxylic acids is 2. The molecule has 0 N–H and O–H groups in total. The molecule has 0 aliphatic carbocycles. The number of Topliss-reactive ketones (excluding diaryl/α,β-unsaturated/α-hetero) is 1. The average Bonchev–Trinajstić information content (AvgIpc) is 2.78. The molecule has 0 amide bonds. The summed E-state index contributed by atoms with van der Waals surface area (Å²) in [5.41, 5.74) is 2.21. The second-order valence-corrected chi connectivity index (χ2v) is 8.84. The van der Waals surface area contributed by atoms with Gasteiger partial charge in [0.05, 0.1) is 44.0 Å². The van der Waals surface area contributed by atoms with E-state index in [9.17, 15) is 9.59 Å². The maximum Gasteiger partial charge on any atom is 0.374 e. The van der Waals surface area contributed by atoms with E-state index >= 15 is 0 Å². The third-order valence-electron chi connectivity index (χ3n) is 4.65. The van der Waals surface area contributed by atoms with Crippen molar-refractivity contribution in [3.63, 3.8) is 0 Å². The number of ether oxygens (including phenoxy) is 5. The highest BCUT2D eigenvalue weighted by Gasteiger charge is 2.25. The van der Waals surface area contributed by atoms with Crippen LogP contribution in [0.25, 0.3) is 0 Å². The monoisotopic (exact) mass is 636 g/mol. The van der Waals surface area contributed by atoms with E-state index in [-0.39, 0.29) is 13.0 Å². The lowest BCUT2D eigenvalue weighted by atomic mass is 9.95. The predicted molar refractivity (Wildman–Crippen MR) is 130 cm³/mol. The van der Waals surface area contributed by atoms with E-state index in [0.717, 1.165) is 15.6 Å². The van der Waals surface area contributed by atoms with Crippen LogP contribution in [-0.4, -0.2) is 46.8 Å². The lowest BCUT2D eigenvalue weighted by molar-refractivity contribution is -0.153. The van der Waals surface area contributed by atoms with Gasteiger partial charge in [0.25, 0.3) is 0 Å². The first-order valence-corrected chi connectivity index (χ1v) is 11.8. The summed E-state index contributed by atoms with van der Waals surface area (Å²) in [7, 11) is 6.14. The van der Waals surface area contributed by atoms with Gasteiger partial charge in [0.2, 0.25) is 5.78 Å². The third kappa shape index (κ3) is 5.58. The van der Waals surface area contributed by atoms with E-state index in [4.69, 9.17) is 23.7 Å². The van der Waals surface area contributed by atoms with Gasteiger partial charge in [-0.3, -0.25) is 4.79 Å². The number of esters is 1. The zero-order valence-electron chi connectivity index (χ0n) is 18.3. The fourth-order valence-electron chi connectivity index (χ4n) is 3.14. The largest absolute Gasteiger partial charge is 0.493 e. The quantitative estimate of drug-likeness (QED) is 0.259. The summed E-state index contributed by atoms with van der Waals surface area (Å²) in [5, 5.41) is 0. The van der Waals surface area contributed by atoms with Gasteiger partial charge in [0.15, 0.2) is 23.0 Å². The highest BCUT2D eigenvalue weighted by molar-refractivity contribution is 9.13. The van der Waals surface area contributed by atoms with Crippen molar-refractivity contribution < 1.29 is 33.3 Å². The zero-order chi connectivity index (χ0) is 24.0. The number of halogens is 3. The molecule has 0 aliphatic rings. The van der Waals surface area contributed by atoms with Gasteiger partial charge in [-0.15, -0.1) is 0 Å². The summed E-state index contributed by atoms with van der Waals surface area (Å²) < 4.78 is 28.8. The predicted octanol–water partition coefficient (Wildman–Crippen LogP) is 5.27. The van der Waals surface area contributed by atoms with Crippen molar-refractivity contribution in [2.45, 2.75) is 19.8 Å². The second kappa shape index (κ2) is 11.9. The summed E-state index contributed by atoms with van der Waals surface area (Å²) in [6.07, 6.45) is 0.227. The van der Waals surface area contributed by atoms with Gasteiger partial charge in [0.1, 0.15) is 0 Å². The van der Waals surface area contributed by atoms with Crippen LogP contribution in [-0.2, 0) is 27.2 Å². The van der Waals surface area contributed by atoms with Gasteiger partial charge >= 0.3 is 5.97 Å². The topological polar surface area (TPSA) is 80.3 Å². The number of carbonyl (C=O) groups is 2. The number of hydrogen-bond donors (Lipinski definition) is 0. The first-order chi connectivity index (χ1) is 15.2. The molecule has 174 valence electrons. The van der Waals surface area contributed by atoms with Crippen LogP contribution in [0.4, 0.5) is 0 Å². The number of methoxy groups -OCH3 is 4. The van der Waals surface area contributed by atoms with Crippen LogP contribution < -0.4 is 18.9 Å². The number of rotatable bonds is 10. The van der Waals surface area contributed by atoms with Crippen molar-refractivity contribution in [3.05, 3.63) is 42.2 Å². The Morgan fingerprint density at radius 2 is 1.31 bits per heavy atom. The van der Waals surface area contributed by atoms with Crippen LogP contribution in [0.3, 0.4) is 0 Å². The van der Waals surface area contributed by atoms with Crippen molar-refractivity contribution in [2.75, 3.05) is 35.0 Å². The van der Waals surface area contributed by atoms with Crippen molar-refractivity contribution in [1.29, 1.82) is 0 Å². The van der Waals surface area contributed by atoms with Gasteiger partial charge in [0, 0.05) is 17.3 Å². The average molecular weight is 639 g/mol. The molecule has 0 aromatic heterocycles. The Labute approximate surface area is 212 Å². The molecule has 0 fully saturated rings. The lowest BCUT2D eigenvalue weighted by Crippen LogP contribution is -2.20. The van der Waals surface area contributed by atoms with Crippen molar-refractivity contribution in [2.24, 2.45) is 0 Å². The molecular formula is C22H23Br3O7. The smallest absolute Gasteiger partial charge is 0.374 e. The SMILES string of the molecule is CCOC(=O)C(=O)Cc1cc(OC)c(OC)c(Br)c1Cc1cc(OC)c(OC)c(Br)c1Br. The van der Waals surface area contributed by atoms with E-state index < -0.39 is 11.8 Å². The Bertz CT molecular complexity index is 1020. The van der Waals surface area contributed by atoms with Gasteiger partial charge in [-0.2, -0.15) is 0 Å². The second-order valence-electron chi connectivity index (χ2n) is 6.46. The van der Waals surface area contributed by atoms with Crippen molar-refractivity contribution in [1.82, 2.24) is 0 Å². The van der Waals surface area contributed by atoms with E-state index in [1.807, 2.05) is 6.07 Å². The van der Waals surface area contributed by atoms with Gasteiger partial charge in [-0.25, -0.2) is 4.79 Å². The van der Waals surface area contributed by atoms with E-state index in [2.05, 4.69) is 47.8 Å². The Kier molecular flexibility index (Phi) is 9.84. The third-order valence-corrected chi connectivity index (χ3v) is 7.69. The molecule has 0 saturated heterocycles. The molecule has 0 unspecified atom stereocenters. The molecule has 0 bridgehead atoms. The highest BCUT2D eigenvalue weighted by Crippen LogP contribution is 2.45. The van der Waals surface area contributed by atoms with Crippen molar-refractivity contribution in [3.8, 4) is 23.0 Å². The zero-order valence-corrected chi connectivity index (χ0v) is 23.0. The minimum atomic E-state index is -0.876. The minimum Gasteiger partial charge on any atom is -0.493 e. The van der Waals surface area contributed by atoms with E-state index in [0.29, 0.717) is 43.9 Å². The maximum atomic E-state index is 12.5. The number of ketones is 1. The molecule has 2 aromatic rings. The van der Waals surface area contributed by atoms with Gasteiger partial charge < -0.3 is 23.7 Å². The van der Waals surface area contributed by atoms with Crippen LogP contribution in [0.2, 0.25) is 0 Å². The number of benzene rings is 2. The van der Waals surface area contributed by atoms with Crippen LogP contribution in [0.15, 0.2) is 25.6 Å². The maximum absolute atomic E-state index is 12.5. The molecule has 32 heavy (non-hydrogen) atoms. The molecule has 0 spiro atoms. The van der Waals surface area contributed by atoms with Crippen molar-refractivity contribution >= 4 is 59.5 Å². The molecule has 0 saturated carbocycles. The molecule has 0 heterocycles. The van der Waals surface area contributed by atoms with Gasteiger partial charge in [-0.1, -0.05) is 0 Å². The standard InChI is InChI=1S/C22H23Br3O7/c1-6-32-22(27)14(26)8-11-9-15(28-2)20(30-4)18(24)13(11)7-12-10-16(29-3)21(31-5)19(25)17(12)23/h9-10H,6-8H2,1-5H3. The Morgan fingerprint density at radius 3 is 1.81 bits per heavy atom. The lowest BCUT2D eigenvalue weighted by Gasteiger charge is -2.19. The molecule has 10 heteroatoms. The molecule has 0 aliphatic heterocycles. The van der Waals surface area contributed by atoms with Gasteiger partial charge in [-0.05, 0) is 83.5 Å².